The number of aryl methyl sites for hydroxylation is 3. The van der Waals surface area contributed by atoms with Crippen molar-refractivity contribution in [3.8, 4) is 5.75 Å². The van der Waals surface area contributed by atoms with Crippen LogP contribution in [0.25, 0.3) is 0 Å². The summed E-state index contributed by atoms with van der Waals surface area (Å²) in [7, 11) is 1.60. The zero-order valence-electron chi connectivity index (χ0n) is 14.6. The number of amides is 1. The number of benzene rings is 2. The van der Waals surface area contributed by atoms with E-state index in [1.807, 2.05) is 26.0 Å². The Kier molecular flexibility index (Phi) is 5.82. The van der Waals surface area contributed by atoms with Gasteiger partial charge in [0, 0.05) is 12.8 Å². The minimum Gasteiger partial charge on any atom is -0.490 e. The van der Waals surface area contributed by atoms with E-state index in [1.165, 1.54) is 5.56 Å². The molecular formula is C19H24N2O3. The lowest BCUT2D eigenvalue weighted by Crippen LogP contribution is -2.16. The molecule has 2 aromatic carbocycles. The van der Waals surface area contributed by atoms with Crippen LogP contribution in [0.1, 0.15) is 27.0 Å². The summed E-state index contributed by atoms with van der Waals surface area (Å²) in [5, 5.41) is 3.34. The van der Waals surface area contributed by atoms with Gasteiger partial charge in [-0.05, 0) is 44.0 Å². The van der Waals surface area contributed by atoms with E-state index in [4.69, 9.17) is 15.2 Å². The van der Waals surface area contributed by atoms with Crippen molar-refractivity contribution in [1.29, 1.82) is 0 Å². The van der Waals surface area contributed by atoms with Crippen molar-refractivity contribution in [3.05, 3.63) is 52.6 Å². The van der Waals surface area contributed by atoms with Crippen molar-refractivity contribution >= 4 is 17.3 Å². The van der Waals surface area contributed by atoms with Gasteiger partial charge in [-0.15, -0.1) is 0 Å². The Morgan fingerprint density at radius 3 is 2.38 bits per heavy atom. The number of hydrogen-bond acceptors (Lipinski definition) is 4. The molecule has 0 unspecified atom stereocenters. The van der Waals surface area contributed by atoms with E-state index in [0.717, 1.165) is 16.8 Å². The molecule has 0 spiro atoms. The summed E-state index contributed by atoms with van der Waals surface area (Å²) < 4.78 is 10.6. The second-order valence-corrected chi connectivity index (χ2v) is 5.78. The number of rotatable bonds is 7. The van der Waals surface area contributed by atoms with Gasteiger partial charge in [-0.1, -0.05) is 23.8 Å². The predicted molar refractivity (Wildman–Crippen MR) is 96.3 cm³/mol. The molecule has 128 valence electrons. The van der Waals surface area contributed by atoms with Gasteiger partial charge in [-0.2, -0.15) is 0 Å². The van der Waals surface area contributed by atoms with Crippen LogP contribution in [0.4, 0.5) is 11.4 Å². The van der Waals surface area contributed by atoms with Crippen LogP contribution in [-0.4, -0.2) is 26.2 Å². The van der Waals surface area contributed by atoms with E-state index >= 15 is 0 Å². The molecule has 3 N–H and O–H groups in total. The third-order valence-corrected chi connectivity index (χ3v) is 3.75. The largest absolute Gasteiger partial charge is 0.490 e. The van der Waals surface area contributed by atoms with Crippen LogP contribution in [0.15, 0.2) is 30.3 Å². The van der Waals surface area contributed by atoms with Gasteiger partial charge in [0.05, 0.1) is 12.3 Å². The maximum atomic E-state index is 12.0. The first-order valence-corrected chi connectivity index (χ1v) is 7.83. The Balaban J connectivity index is 2.40. The molecule has 2 rings (SSSR count). The lowest BCUT2D eigenvalue weighted by Gasteiger charge is -2.18. The van der Waals surface area contributed by atoms with Crippen LogP contribution in [0.3, 0.4) is 0 Å². The highest BCUT2D eigenvalue weighted by Gasteiger charge is 2.16. The maximum absolute atomic E-state index is 12.0. The average Bonchev–Trinajstić information content (AvgIpc) is 2.51. The molecule has 0 aliphatic carbocycles. The highest BCUT2D eigenvalue weighted by atomic mass is 16.5. The van der Waals surface area contributed by atoms with E-state index in [9.17, 15) is 4.79 Å². The minimum atomic E-state index is -0.534. The highest BCUT2D eigenvalue weighted by Crippen LogP contribution is 2.31. The van der Waals surface area contributed by atoms with Gasteiger partial charge in [0.25, 0.3) is 5.91 Å². The SMILES string of the molecule is COCCOc1cccc(Nc2c(C)cc(C)cc2C)c1C(N)=O. The van der Waals surface area contributed by atoms with Crippen molar-refractivity contribution in [2.75, 3.05) is 25.6 Å². The normalized spacial score (nSPS) is 10.5. The topological polar surface area (TPSA) is 73.6 Å². The van der Waals surface area contributed by atoms with Gasteiger partial charge >= 0.3 is 0 Å². The monoisotopic (exact) mass is 328 g/mol. The quantitative estimate of drug-likeness (QED) is 0.763. The molecule has 0 heterocycles. The van der Waals surface area contributed by atoms with E-state index in [-0.39, 0.29) is 0 Å². The second kappa shape index (κ2) is 7.84. The van der Waals surface area contributed by atoms with Crippen LogP contribution in [0.5, 0.6) is 5.75 Å². The second-order valence-electron chi connectivity index (χ2n) is 5.78. The van der Waals surface area contributed by atoms with Gasteiger partial charge in [-0.3, -0.25) is 4.79 Å². The first-order valence-electron chi connectivity index (χ1n) is 7.83. The van der Waals surface area contributed by atoms with Crippen molar-refractivity contribution in [2.45, 2.75) is 20.8 Å². The van der Waals surface area contributed by atoms with E-state index in [0.29, 0.717) is 30.2 Å². The molecular weight excluding hydrogens is 304 g/mol. The van der Waals surface area contributed by atoms with Crippen molar-refractivity contribution in [1.82, 2.24) is 0 Å². The molecule has 0 aliphatic rings. The number of ether oxygens (including phenoxy) is 2. The third kappa shape index (κ3) is 4.06. The molecule has 1 amide bonds. The molecule has 0 fully saturated rings. The summed E-state index contributed by atoms with van der Waals surface area (Å²) in [6.07, 6.45) is 0. The van der Waals surface area contributed by atoms with Crippen LogP contribution in [-0.2, 0) is 4.74 Å². The van der Waals surface area contributed by atoms with Gasteiger partial charge in [-0.25, -0.2) is 0 Å². The molecule has 5 heteroatoms. The molecule has 5 nitrogen and oxygen atoms in total. The number of hydrogen-bond donors (Lipinski definition) is 2. The predicted octanol–water partition coefficient (Wildman–Crippen LogP) is 3.48. The average molecular weight is 328 g/mol. The van der Waals surface area contributed by atoms with Gasteiger partial charge in [0.15, 0.2) is 0 Å². The molecule has 0 aliphatic heterocycles. The highest BCUT2D eigenvalue weighted by molar-refractivity contribution is 6.02. The lowest BCUT2D eigenvalue weighted by molar-refractivity contribution is 0.0993. The third-order valence-electron chi connectivity index (χ3n) is 3.75. The minimum absolute atomic E-state index is 0.341. The smallest absolute Gasteiger partial charge is 0.254 e. The van der Waals surface area contributed by atoms with Crippen LogP contribution >= 0.6 is 0 Å². The first kappa shape index (κ1) is 17.8. The number of primary amides is 1. The Hall–Kier alpha value is -2.53. The Morgan fingerprint density at radius 2 is 1.79 bits per heavy atom. The molecule has 0 saturated heterocycles. The molecule has 24 heavy (non-hydrogen) atoms. The fourth-order valence-corrected chi connectivity index (χ4v) is 2.76. The number of methoxy groups -OCH3 is 1. The summed E-state index contributed by atoms with van der Waals surface area (Å²) in [5.41, 5.74) is 10.9. The standard InChI is InChI=1S/C19H24N2O3/c1-12-10-13(2)18(14(3)11-12)21-15-6-5-7-16(17(15)19(20)22)24-9-8-23-4/h5-7,10-11,21H,8-9H2,1-4H3,(H2,20,22). The Labute approximate surface area is 142 Å². The molecule has 0 saturated carbocycles. The van der Waals surface area contributed by atoms with Gasteiger partial charge in [0.1, 0.15) is 17.9 Å². The molecule has 2 aromatic rings. The van der Waals surface area contributed by atoms with Crippen molar-refractivity contribution < 1.29 is 14.3 Å². The molecule has 0 atom stereocenters. The van der Waals surface area contributed by atoms with Crippen LogP contribution in [0.2, 0.25) is 0 Å². The first-order chi connectivity index (χ1) is 11.4. The zero-order chi connectivity index (χ0) is 17.7. The summed E-state index contributed by atoms with van der Waals surface area (Å²) in [6, 6.07) is 9.57. The Bertz CT molecular complexity index is 718. The van der Waals surface area contributed by atoms with Gasteiger partial charge in [0.2, 0.25) is 0 Å². The summed E-state index contributed by atoms with van der Waals surface area (Å²) in [5.74, 6) is -0.0834. The summed E-state index contributed by atoms with van der Waals surface area (Å²) >= 11 is 0. The molecule has 0 radical (unpaired) electrons. The van der Waals surface area contributed by atoms with Crippen LogP contribution in [0, 0.1) is 20.8 Å². The molecule has 0 bridgehead atoms. The fraction of sp³-hybridized carbons (Fsp3) is 0.316. The van der Waals surface area contributed by atoms with E-state index in [2.05, 4.69) is 24.4 Å². The molecule has 0 aromatic heterocycles. The number of nitrogens with one attached hydrogen (secondary N) is 1. The van der Waals surface area contributed by atoms with Crippen LogP contribution < -0.4 is 15.8 Å². The lowest BCUT2D eigenvalue weighted by atomic mass is 10.0. The number of carbonyl (C=O) groups excluding carboxylic acids is 1. The van der Waals surface area contributed by atoms with E-state index in [1.54, 1.807) is 13.2 Å². The fourth-order valence-electron chi connectivity index (χ4n) is 2.76. The van der Waals surface area contributed by atoms with Crippen molar-refractivity contribution in [3.63, 3.8) is 0 Å². The zero-order valence-corrected chi connectivity index (χ0v) is 14.6. The summed E-state index contributed by atoms with van der Waals surface area (Å²) in [4.78, 5) is 12.0. The Morgan fingerprint density at radius 1 is 1.12 bits per heavy atom. The van der Waals surface area contributed by atoms with Crippen molar-refractivity contribution in [2.24, 2.45) is 5.73 Å². The number of carbonyl (C=O) groups is 1. The number of nitrogens with two attached hydrogens (primary N) is 1. The van der Waals surface area contributed by atoms with Gasteiger partial charge < -0.3 is 20.5 Å². The maximum Gasteiger partial charge on any atom is 0.254 e. The number of anilines is 2. The summed E-state index contributed by atoms with van der Waals surface area (Å²) in [6.45, 7) is 6.91. The van der Waals surface area contributed by atoms with E-state index < -0.39 is 5.91 Å².